The number of thioether (sulfide) groups is 1. The van der Waals surface area contributed by atoms with Crippen LogP contribution in [-0.4, -0.2) is 11.1 Å². The Bertz CT molecular complexity index is 806. The summed E-state index contributed by atoms with van der Waals surface area (Å²) in [6, 6.07) is 14.6. The molecule has 1 aliphatic heterocycles. The molecule has 0 unspecified atom stereocenters. The summed E-state index contributed by atoms with van der Waals surface area (Å²) in [6.45, 7) is 0. The molecule has 0 saturated carbocycles. The van der Waals surface area contributed by atoms with Crippen molar-refractivity contribution in [2.75, 3.05) is 5.43 Å². The van der Waals surface area contributed by atoms with Crippen LogP contribution in [0, 0.1) is 0 Å². The number of para-hydroxylation sites is 1. The molecule has 4 nitrogen and oxygen atoms in total. The number of halogens is 2. The standard InChI is InChI=1S/C16H11Cl2N3OS/c17-11-7-6-10(13(18)9-11)8-14-15(22)19-16(23-14)21-20-12-4-2-1-3-5-12/h1-9,20H,(H,19,21,22)/b14-8-. The fourth-order valence-electron chi connectivity index (χ4n) is 1.87. The molecule has 7 heteroatoms. The van der Waals surface area contributed by atoms with Gasteiger partial charge in [0.05, 0.1) is 10.6 Å². The largest absolute Gasteiger partial charge is 0.299 e. The minimum Gasteiger partial charge on any atom is -0.299 e. The van der Waals surface area contributed by atoms with Crippen LogP contribution in [0.1, 0.15) is 5.56 Å². The van der Waals surface area contributed by atoms with Crippen LogP contribution < -0.4 is 10.7 Å². The average molecular weight is 364 g/mol. The minimum absolute atomic E-state index is 0.213. The molecule has 0 spiro atoms. The number of amides is 1. The highest BCUT2D eigenvalue weighted by Gasteiger charge is 2.24. The van der Waals surface area contributed by atoms with Crippen LogP contribution in [0.3, 0.4) is 0 Å². The summed E-state index contributed by atoms with van der Waals surface area (Å²) in [5.74, 6) is -0.213. The molecule has 0 aliphatic carbocycles. The topological polar surface area (TPSA) is 53.5 Å². The lowest BCUT2D eigenvalue weighted by atomic mass is 10.2. The molecule has 0 atom stereocenters. The van der Waals surface area contributed by atoms with Gasteiger partial charge in [0.2, 0.25) is 0 Å². The zero-order chi connectivity index (χ0) is 16.2. The Labute approximate surface area is 147 Å². The lowest BCUT2D eigenvalue weighted by molar-refractivity contribution is -0.115. The first-order valence-corrected chi connectivity index (χ1v) is 8.24. The molecule has 2 aromatic rings. The maximum absolute atomic E-state index is 12.0. The third-order valence-corrected chi connectivity index (χ3v) is 4.43. The van der Waals surface area contributed by atoms with Crippen LogP contribution in [-0.2, 0) is 4.79 Å². The number of rotatable bonds is 3. The Morgan fingerprint density at radius 2 is 1.91 bits per heavy atom. The zero-order valence-electron chi connectivity index (χ0n) is 11.7. The van der Waals surface area contributed by atoms with Crippen molar-refractivity contribution in [3.05, 3.63) is 69.0 Å². The van der Waals surface area contributed by atoms with Crippen LogP contribution >= 0.6 is 35.0 Å². The number of hydrazone groups is 1. The van der Waals surface area contributed by atoms with E-state index in [1.165, 1.54) is 11.8 Å². The summed E-state index contributed by atoms with van der Waals surface area (Å²) in [5, 5.41) is 8.40. The first-order valence-electron chi connectivity index (χ1n) is 6.66. The summed E-state index contributed by atoms with van der Waals surface area (Å²) in [6.07, 6.45) is 1.71. The molecule has 1 heterocycles. The SMILES string of the molecule is O=C1N/C(=N\Nc2ccccc2)S/C1=C\c1ccc(Cl)cc1Cl. The summed E-state index contributed by atoms with van der Waals surface area (Å²) in [7, 11) is 0. The van der Waals surface area contributed by atoms with Crippen molar-refractivity contribution < 1.29 is 4.79 Å². The maximum Gasteiger partial charge on any atom is 0.264 e. The molecule has 1 aliphatic rings. The molecule has 1 saturated heterocycles. The molecule has 3 rings (SSSR count). The Hall–Kier alpha value is -1.95. The van der Waals surface area contributed by atoms with E-state index in [4.69, 9.17) is 23.2 Å². The molecule has 23 heavy (non-hydrogen) atoms. The van der Waals surface area contributed by atoms with Gasteiger partial charge >= 0.3 is 0 Å². The number of carbonyl (C=O) groups excluding carboxylic acids is 1. The molecule has 0 radical (unpaired) electrons. The smallest absolute Gasteiger partial charge is 0.264 e. The molecular formula is C16H11Cl2N3OS. The third-order valence-electron chi connectivity index (χ3n) is 2.96. The normalized spacial score (nSPS) is 17.6. The predicted octanol–water partition coefficient (Wildman–Crippen LogP) is 4.58. The van der Waals surface area contributed by atoms with E-state index in [0.29, 0.717) is 20.1 Å². The second kappa shape index (κ2) is 7.08. The van der Waals surface area contributed by atoms with Gasteiger partial charge in [-0.15, -0.1) is 5.10 Å². The van der Waals surface area contributed by atoms with Gasteiger partial charge in [-0.2, -0.15) is 0 Å². The van der Waals surface area contributed by atoms with Crippen molar-refractivity contribution in [2.24, 2.45) is 5.10 Å². The number of nitrogens with one attached hydrogen (secondary N) is 2. The highest BCUT2D eigenvalue weighted by Crippen LogP contribution is 2.29. The lowest BCUT2D eigenvalue weighted by Crippen LogP contribution is -2.20. The van der Waals surface area contributed by atoms with Gasteiger partial charge in [-0.25, -0.2) is 0 Å². The van der Waals surface area contributed by atoms with Gasteiger partial charge in [-0.3, -0.25) is 15.5 Å². The molecule has 1 fully saturated rings. The summed E-state index contributed by atoms with van der Waals surface area (Å²) < 4.78 is 0. The molecule has 116 valence electrons. The highest BCUT2D eigenvalue weighted by molar-refractivity contribution is 8.18. The zero-order valence-corrected chi connectivity index (χ0v) is 14.0. The maximum atomic E-state index is 12.0. The van der Waals surface area contributed by atoms with Crippen LogP contribution in [0.4, 0.5) is 5.69 Å². The molecule has 2 aromatic carbocycles. The van der Waals surface area contributed by atoms with Crippen molar-refractivity contribution in [1.82, 2.24) is 5.32 Å². The number of hydrogen-bond acceptors (Lipinski definition) is 4. The van der Waals surface area contributed by atoms with Gasteiger partial charge in [0, 0.05) is 10.0 Å². The van der Waals surface area contributed by atoms with E-state index >= 15 is 0 Å². The second-order valence-corrected chi connectivity index (χ2v) is 6.50. The van der Waals surface area contributed by atoms with Crippen molar-refractivity contribution in [1.29, 1.82) is 0 Å². The lowest BCUT2D eigenvalue weighted by Gasteiger charge is -2.00. The average Bonchev–Trinajstić information content (AvgIpc) is 2.89. The Morgan fingerprint density at radius 3 is 2.65 bits per heavy atom. The summed E-state index contributed by atoms with van der Waals surface area (Å²) >= 11 is 13.2. The van der Waals surface area contributed by atoms with Crippen LogP contribution in [0.25, 0.3) is 6.08 Å². The fraction of sp³-hybridized carbons (Fsp3) is 0. The Balaban J connectivity index is 1.75. The number of nitrogens with zero attached hydrogens (tertiary/aromatic N) is 1. The molecule has 0 aromatic heterocycles. The minimum atomic E-state index is -0.213. The van der Waals surface area contributed by atoms with Crippen molar-refractivity contribution in [3.8, 4) is 0 Å². The van der Waals surface area contributed by atoms with Crippen molar-refractivity contribution >= 4 is 57.8 Å². The molecular weight excluding hydrogens is 353 g/mol. The molecule has 2 N–H and O–H groups in total. The van der Waals surface area contributed by atoms with Crippen molar-refractivity contribution in [3.63, 3.8) is 0 Å². The van der Waals surface area contributed by atoms with E-state index in [1.54, 1.807) is 24.3 Å². The second-order valence-electron chi connectivity index (χ2n) is 4.63. The van der Waals surface area contributed by atoms with Crippen LogP contribution in [0.5, 0.6) is 0 Å². The monoisotopic (exact) mass is 363 g/mol. The first kappa shape index (κ1) is 15.9. The van der Waals surface area contributed by atoms with E-state index in [1.807, 2.05) is 30.3 Å². The van der Waals surface area contributed by atoms with E-state index in [2.05, 4.69) is 15.8 Å². The number of carbonyl (C=O) groups is 1. The number of anilines is 1. The highest BCUT2D eigenvalue weighted by atomic mass is 35.5. The van der Waals surface area contributed by atoms with E-state index in [9.17, 15) is 4.79 Å². The third kappa shape index (κ3) is 4.07. The first-order chi connectivity index (χ1) is 11.1. The predicted molar refractivity (Wildman–Crippen MR) is 97.7 cm³/mol. The van der Waals surface area contributed by atoms with Gasteiger partial charge < -0.3 is 0 Å². The quantitative estimate of drug-likeness (QED) is 0.619. The van der Waals surface area contributed by atoms with Gasteiger partial charge in [-0.1, -0.05) is 47.5 Å². The van der Waals surface area contributed by atoms with E-state index < -0.39 is 0 Å². The molecule has 1 amide bonds. The number of benzene rings is 2. The van der Waals surface area contributed by atoms with Crippen LogP contribution in [0.2, 0.25) is 10.0 Å². The Kier molecular flexibility index (Phi) is 4.91. The van der Waals surface area contributed by atoms with Gasteiger partial charge in [-0.05, 0) is 47.7 Å². The molecule has 0 bridgehead atoms. The van der Waals surface area contributed by atoms with Crippen molar-refractivity contribution in [2.45, 2.75) is 0 Å². The summed E-state index contributed by atoms with van der Waals surface area (Å²) in [4.78, 5) is 12.5. The van der Waals surface area contributed by atoms with E-state index in [-0.39, 0.29) is 5.91 Å². The van der Waals surface area contributed by atoms with E-state index in [0.717, 1.165) is 11.3 Å². The van der Waals surface area contributed by atoms with Gasteiger partial charge in [0.25, 0.3) is 5.91 Å². The van der Waals surface area contributed by atoms with Gasteiger partial charge in [0.15, 0.2) is 5.17 Å². The van der Waals surface area contributed by atoms with Gasteiger partial charge in [0.1, 0.15) is 0 Å². The fourth-order valence-corrected chi connectivity index (χ4v) is 3.10. The number of amidine groups is 1. The Morgan fingerprint density at radius 1 is 1.13 bits per heavy atom. The van der Waals surface area contributed by atoms with Crippen LogP contribution in [0.15, 0.2) is 58.5 Å². The number of hydrogen-bond donors (Lipinski definition) is 2. The summed E-state index contributed by atoms with van der Waals surface area (Å²) in [5.41, 5.74) is 4.46.